The monoisotopic (exact) mass is 387 g/mol. The highest BCUT2D eigenvalue weighted by atomic mass is 35.5. The van der Waals surface area contributed by atoms with E-state index in [1.54, 1.807) is 32.0 Å². The number of H-pyrrole nitrogens is 1. The van der Waals surface area contributed by atoms with Crippen LogP contribution in [0.1, 0.15) is 56.5 Å². The summed E-state index contributed by atoms with van der Waals surface area (Å²) in [5.74, 6) is -1.33. The van der Waals surface area contributed by atoms with Crippen molar-refractivity contribution in [2.75, 3.05) is 0 Å². The number of benzene rings is 1. The average Bonchev–Trinajstić information content (AvgIpc) is 3.14. The maximum Gasteiger partial charge on any atom is 0.374 e. The number of hydrogen-bond donors (Lipinski definition) is 1. The quantitative estimate of drug-likeness (QED) is 0.508. The molecule has 0 aliphatic carbocycles. The molecule has 1 N–H and O–H groups in total. The standard InChI is InChI=1S/C20H18ClNO5/c1-9-17(11(3)23)10(2)22-18(9)19(24)12(4)26-20(25)16-8-13-7-14(21)5-6-15(13)27-16/h5-8,12,22H,1-4H3/t12-/m1/s1. The van der Waals surface area contributed by atoms with Gasteiger partial charge in [0, 0.05) is 21.7 Å². The van der Waals surface area contributed by atoms with E-state index < -0.39 is 17.9 Å². The zero-order valence-electron chi connectivity index (χ0n) is 15.3. The lowest BCUT2D eigenvalue weighted by Gasteiger charge is -2.11. The number of nitrogens with one attached hydrogen (secondary N) is 1. The molecule has 0 spiro atoms. The molecule has 0 saturated heterocycles. The van der Waals surface area contributed by atoms with Crippen LogP contribution in [0.2, 0.25) is 5.02 Å². The van der Waals surface area contributed by atoms with Crippen LogP contribution in [0.5, 0.6) is 0 Å². The van der Waals surface area contributed by atoms with Crippen molar-refractivity contribution in [1.29, 1.82) is 0 Å². The van der Waals surface area contributed by atoms with Crippen LogP contribution in [0.4, 0.5) is 0 Å². The van der Waals surface area contributed by atoms with E-state index >= 15 is 0 Å². The first-order valence-electron chi connectivity index (χ1n) is 8.33. The third-order valence-corrected chi connectivity index (χ3v) is 4.60. The molecule has 7 heteroatoms. The third kappa shape index (κ3) is 3.53. The van der Waals surface area contributed by atoms with E-state index in [0.29, 0.717) is 32.8 Å². The lowest BCUT2D eigenvalue weighted by atomic mass is 10.0. The van der Waals surface area contributed by atoms with Crippen molar-refractivity contribution < 1.29 is 23.5 Å². The fourth-order valence-corrected chi connectivity index (χ4v) is 3.30. The van der Waals surface area contributed by atoms with Gasteiger partial charge in [-0.25, -0.2) is 4.79 Å². The first kappa shape index (κ1) is 18.9. The summed E-state index contributed by atoms with van der Waals surface area (Å²) in [4.78, 5) is 39.7. The number of aromatic nitrogens is 1. The molecule has 2 aromatic heterocycles. The van der Waals surface area contributed by atoms with E-state index in [2.05, 4.69) is 4.98 Å². The minimum Gasteiger partial charge on any atom is -0.449 e. The Morgan fingerprint density at radius 2 is 1.89 bits per heavy atom. The summed E-state index contributed by atoms with van der Waals surface area (Å²) in [5, 5.41) is 1.18. The molecule has 0 aliphatic rings. The number of carbonyl (C=O) groups is 3. The van der Waals surface area contributed by atoms with Gasteiger partial charge in [0.15, 0.2) is 11.9 Å². The van der Waals surface area contributed by atoms with Gasteiger partial charge in [-0.3, -0.25) is 9.59 Å². The summed E-state index contributed by atoms with van der Waals surface area (Å²) in [6.45, 7) is 6.32. The van der Waals surface area contributed by atoms with Gasteiger partial charge in [-0.2, -0.15) is 0 Å². The number of ketones is 2. The number of hydrogen-bond acceptors (Lipinski definition) is 5. The zero-order valence-corrected chi connectivity index (χ0v) is 16.1. The lowest BCUT2D eigenvalue weighted by molar-refractivity contribution is 0.0289. The summed E-state index contributed by atoms with van der Waals surface area (Å²) in [6.07, 6.45) is -1.05. The largest absolute Gasteiger partial charge is 0.449 e. The van der Waals surface area contributed by atoms with Crippen LogP contribution in [0, 0.1) is 13.8 Å². The Morgan fingerprint density at radius 1 is 1.19 bits per heavy atom. The maximum atomic E-state index is 12.7. The van der Waals surface area contributed by atoms with Crippen molar-refractivity contribution in [3.05, 3.63) is 57.6 Å². The molecule has 0 radical (unpaired) electrons. The van der Waals surface area contributed by atoms with Crippen molar-refractivity contribution in [3.8, 4) is 0 Å². The smallest absolute Gasteiger partial charge is 0.374 e. The average molecular weight is 388 g/mol. The first-order chi connectivity index (χ1) is 12.7. The summed E-state index contributed by atoms with van der Waals surface area (Å²) in [6, 6.07) is 6.48. The van der Waals surface area contributed by atoms with Crippen LogP contribution in [-0.4, -0.2) is 28.6 Å². The number of halogens is 1. The van der Waals surface area contributed by atoms with Gasteiger partial charge in [0.2, 0.25) is 11.5 Å². The van der Waals surface area contributed by atoms with Gasteiger partial charge in [-0.15, -0.1) is 0 Å². The predicted octanol–water partition coefficient (Wildman–Crippen LogP) is 4.66. The molecule has 140 valence electrons. The SMILES string of the molecule is CC(=O)c1c(C)[nH]c(C(=O)[C@@H](C)OC(=O)c2cc3cc(Cl)ccc3o2)c1C. The molecule has 2 heterocycles. The van der Waals surface area contributed by atoms with Gasteiger partial charge < -0.3 is 14.1 Å². The molecule has 6 nitrogen and oxygen atoms in total. The van der Waals surface area contributed by atoms with Crippen molar-refractivity contribution in [1.82, 2.24) is 4.98 Å². The van der Waals surface area contributed by atoms with Gasteiger partial charge in [-0.1, -0.05) is 11.6 Å². The van der Waals surface area contributed by atoms with Crippen molar-refractivity contribution >= 4 is 40.1 Å². The van der Waals surface area contributed by atoms with E-state index in [-0.39, 0.29) is 17.2 Å². The van der Waals surface area contributed by atoms with Crippen molar-refractivity contribution in [3.63, 3.8) is 0 Å². The topological polar surface area (TPSA) is 89.4 Å². The highest BCUT2D eigenvalue weighted by Gasteiger charge is 2.27. The van der Waals surface area contributed by atoms with Crippen LogP contribution >= 0.6 is 11.6 Å². The molecule has 0 fully saturated rings. The molecule has 1 atom stereocenters. The number of ether oxygens (including phenoxy) is 1. The minimum atomic E-state index is -1.05. The van der Waals surface area contributed by atoms with Crippen LogP contribution in [0.3, 0.4) is 0 Å². The molecule has 27 heavy (non-hydrogen) atoms. The molecule has 0 amide bonds. The van der Waals surface area contributed by atoms with Gasteiger partial charge in [-0.05, 0) is 57.5 Å². The summed E-state index contributed by atoms with van der Waals surface area (Å²) in [7, 11) is 0. The molecule has 3 rings (SSSR count). The zero-order chi connectivity index (χ0) is 19.9. The Labute approximate surface area is 160 Å². The van der Waals surface area contributed by atoms with E-state index in [1.165, 1.54) is 19.9 Å². The molecule has 0 bridgehead atoms. The van der Waals surface area contributed by atoms with Gasteiger partial charge in [0.1, 0.15) is 5.58 Å². The van der Waals surface area contributed by atoms with E-state index in [1.807, 2.05) is 0 Å². The Balaban J connectivity index is 1.80. The molecule has 3 aromatic rings. The van der Waals surface area contributed by atoms with Crippen LogP contribution in [-0.2, 0) is 4.74 Å². The molecular formula is C20H18ClNO5. The van der Waals surface area contributed by atoms with Crippen LogP contribution < -0.4 is 0 Å². The fourth-order valence-electron chi connectivity index (χ4n) is 3.11. The number of carbonyl (C=O) groups excluding carboxylic acids is 3. The molecule has 0 saturated carbocycles. The number of furan rings is 1. The second kappa shape index (κ2) is 7.04. The maximum absolute atomic E-state index is 12.7. The second-order valence-corrected chi connectivity index (χ2v) is 6.82. The van der Waals surface area contributed by atoms with Crippen molar-refractivity contribution in [2.24, 2.45) is 0 Å². The normalized spacial score (nSPS) is 12.2. The number of esters is 1. The minimum absolute atomic E-state index is 0.0178. The Kier molecular flexibility index (Phi) is 4.93. The van der Waals surface area contributed by atoms with Crippen LogP contribution in [0.25, 0.3) is 11.0 Å². The van der Waals surface area contributed by atoms with Gasteiger partial charge >= 0.3 is 5.97 Å². The molecule has 1 aromatic carbocycles. The highest BCUT2D eigenvalue weighted by Crippen LogP contribution is 2.24. The fraction of sp³-hybridized carbons (Fsp3) is 0.250. The Bertz CT molecular complexity index is 1080. The van der Waals surface area contributed by atoms with Gasteiger partial charge in [0.05, 0.1) is 5.69 Å². The summed E-state index contributed by atoms with van der Waals surface area (Å²) in [5.41, 5.74) is 2.38. The van der Waals surface area contributed by atoms with Crippen molar-refractivity contribution in [2.45, 2.75) is 33.8 Å². The molecule has 0 unspecified atom stereocenters. The number of fused-ring (bicyclic) bond motifs is 1. The second-order valence-electron chi connectivity index (χ2n) is 6.39. The van der Waals surface area contributed by atoms with Crippen LogP contribution in [0.15, 0.2) is 28.7 Å². The number of Topliss-reactive ketones (excluding diaryl/α,β-unsaturated/α-hetero) is 2. The predicted molar refractivity (Wildman–Crippen MR) is 101 cm³/mol. The Hall–Kier alpha value is -2.86. The van der Waals surface area contributed by atoms with E-state index in [4.69, 9.17) is 20.8 Å². The number of rotatable bonds is 5. The first-order valence-corrected chi connectivity index (χ1v) is 8.71. The Morgan fingerprint density at radius 3 is 2.52 bits per heavy atom. The van der Waals surface area contributed by atoms with Gasteiger partial charge in [0.25, 0.3) is 0 Å². The summed E-state index contributed by atoms with van der Waals surface area (Å²) < 4.78 is 10.7. The number of aromatic amines is 1. The molecule has 0 aliphatic heterocycles. The highest BCUT2D eigenvalue weighted by molar-refractivity contribution is 6.31. The van der Waals surface area contributed by atoms with E-state index in [9.17, 15) is 14.4 Å². The lowest BCUT2D eigenvalue weighted by Crippen LogP contribution is -2.25. The number of aryl methyl sites for hydroxylation is 1. The third-order valence-electron chi connectivity index (χ3n) is 4.37. The molecular weight excluding hydrogens is 370 g/mol. The van der Waals surface area contributed by atoms with E-state index in [0.717, 1.165) is 0 Å². The summed E-state index contributed by atoms with van der Waals surface area (Å²) >= 11 is 5.92.